The number of halogens is 2. The molecule has 28 heavy (non-hydrogen) atoms. The first kappa shape index (κ1) is 19.8. The van der Waals surface area contributed by atoms with Gasteiger partial charge in [0.15, 0.2) is 0 Å². The molecule has 0 radical (unpaired) electrons. The lowest BCUT2D eigenvalue weighted by Crippen LogP contribution is -2.27. The van der Waals surface area contributed by atoms with Gasteiger partial charge in [-0.05, 0) is 35.9 Å². The van der Waals surface area contributed by atoms with Crippen LogP contribution in [-0.2, 0) is 11.3 Å². The Hall–Kier alpha value is -3.00. The fraction of sp³-hybridized carbons (Fsp3) is 0.0909. The zero-order valence-electron chi connectivity index (χ0n) is 15.0. The van der Waals surface area contributed by atoms with Crippen LogP contribution in [0.3, 0.4) is 0 Å². The zero-order valence-corrected chi connectivity index (χ0v) is 16.5. The molecule has 0 N–H and O–H groups in total. The molecule has 0 atom stereocenters. The van der Waals surface area contributed by atoms with Gasteiger partial charge in [-0.15, -0.1) is 0 Å². The van der Waals surface area contributed by atoms with Gasteiger partial charge in [0.05, 0.1) is 5.02 Å². The van der Waals surface area contributed by atoms with Gasteiger partial charge in [0.2, 0.25) is 0 Å². The van der Waals surface area contributed by atoms with Crippen molar-refractivity contribution in [1.82, 2.24) is 4.90 Å². The van der Waals surface area contributed by atoms with Crippen molar-refractivity contribution in [3.05, 3.63) is 87.6 Å². The third-order valence-electron chi connectivity index (χ3n) is 4.07. The largest absolute Gasteiger partial charge is 0.457 e. The highest BCUT2D eigenvalue weighted by Crippen LogP contribution is 2.32. The van der Waals surface area contributed by atoms with Crippen molar-refractivity contribution in [2.75, 3.05) is 7.05 Å². The minimum atomic E-state index is -0.381. The molecular formula is C22H16Cl2N2O2. The second-order valence-electron chi connectivity index (χ2n) is 6.14. The first-order chi connectivity index (χ1) is 13.5. The van der Waals surface area contributed by atoms with Crippen LogP contribution in [-0.4, -0.2) is 17.9 Å². The second-order valence-corrected chi connectivity index (χ2v) is 6.99. The molecule has 4 nitrogen and oxygen atoms in total. The van der Waals surface area contributed by atoms with E-state index in [1.807, 2.05) is 36.4 Å². The number of furan rings is 1. The van der Waals surface area contributed by atoms with Gasteiger partial charge in [0.25, 0.3) is 5.91 Å². The second kappa shape index (κ2) is 8.79. The standard InChI is InChI=1S/C22H16Cl2N2O2/c1-26(14-15-5-3-2-4-6-15)22(27)16(13-25)11-18-8-10-21(28-18)19-9-7-17(23)12-20(19)24/h2-12H,14H2,1H3. The van der Waals surface area contributed by atoms with E-state index in [-0.39, 0.29) is 11.5 Å². The molecule has 0 aliphatic rings. The normalized spacial score (nSPS) is 11.1. The summed E-state index contributed by atoms with van der Waals surface area (Å²) in [4.78, 5) is 14.1. The number of hydrogen-bond acceptors (Lipinski definition) is 3. The highest BCUT2D eigenvalue weighted by Gasteiger charge is 2.16. The Bertz CT molecular complexity index is 1070. The molecule has 0 saturated carbocycles. The maximum Gasteiger partial charge on any atom is 0.264 e. The fourth-order valence-corrected chi connectivity index (χ4v) is 3.18. The van der Waals surface area contributed by atoms with Crippen LogP contribution in [0.25, 0.3) is 17.4 Å². The van der Waals surface area contributed by atoms with E-state index in [0.717, 1.165) is 5.56 Å². The van der Waals surface area contributed by atoms with Crippen molar-refractivity contribution in [2.24, 2.45) is 0 Å². The van der Waals surface area contributed by atoms with Gasteiger partial charge in [0.1, 0.15) is 23.2 Å². The summed E-state index contributed by atoms with van der Waals surface area (Å²) in [6, 6.07) is 20.0. The first-order valence-corrected chi connectivity index (χ1v) is 9.20. The Morgan fingerprint density at radius 2 is 1.89 bits per heavy atom. The average Bonchev–Trinajstić information content (AvgIpc) is 3.14. The van der Waals surface area contributed by atoms with E-state index in [9.17, 15) is 10.1 Å². The quantitative estimate of drug-likeness (QED) is 0.393. The molecule has 140 valence electrons. The van der Waals surface area contributed by atoms with Crippen LogP contribution in [0.2, 0.25) is 10.0 Å². The number of carbonyl (C=O) groups excluding carboxylic acids is 1. The number of benzene rings is 2. The third kappa shape index (κ3) is 4.64. The molecule has 1 aromatic heterocycles. The van der Waals surface area contributed by atoms with Gasteiger partial charge >= 0.3 is 0 Å². The molecule has 0 spiro atoms. The number of nitrogens with zero attached hydrogens (tertiary/aromatic N) is 2. The number of hydrogen-bond donors (Lipinski definition) is 0. The van der Waals surface area contributed by atoms with E-state index in [0.29, 0.717) is 33.7 Å². The number of nitriles is 1. The van der Waals surface area contributed by atoms with Crippen LogP contribution in [0, 0.1) is 11.3 Å². The number of rotatable bonds is 5. The summed E-state index contributed by atoms with van der Waals surface area (Å²) in [7, 11) is 1.65. The van der Waals surface area contributed by atoms with Gasteiger partial charge in [-0.2, -0.15) is 5.26 Å². The molecule has 3 aromatic rings. The summed E-state index contributed by atoms with van der Waals surface area (Å²) >= 11 is 12.1. The predicted octanol–water partition coefficient (Wildman–Crippen LogP) is 5.82. The maximum absolute atomic E-state index is 12.6. The third-order valence-corrected chi connectivity index (χ3v) is 4.62. The van der Waals surface area contributed by atoms with E-state index in [1.165, 1.54) is 11.0 Å². The van der Waals surface area contributed by atoms with Crippen LogP contribution in [0.5, 0.6) is 0 Å². The van der Waals surface area contributed by atoms with Crippen molar-refractivity contribution in [1.29, 1.82) is 5.26 Å². The van der Waals surface area contributed by atoms with Crippen molar-refractivity contribution >= 4 is 35.2 Å². The SMILES string of the molecule is CN(Cc1ccccc1)C(=O)C(C#N)=Cc1ccc(-c2ccc(Cl)cc2Cl)o1. The molecular weight excluding hydrogens is 395 g/mol. The molecule has 1 heterocycles. The van der Waals surface area contributed by atoms with Crippen molar-refractivity contribution in [2.45, 2.75) is 6.54 Å². The molecule has 0 bridgehead atoms. The van der Waals surface area contributed by atoms with Crippen LogP contribution < -0.4 is 0 Å². The number of amides is 1. The molecule has 0 unspecified atom stereocenters. The van der Waals surface area contributed by atoms with Crippen molar-refractivity contribution in [3.8, 4) is 17.4 Å². The van der Waals surface area contributed by atoms with Crippen molar-refractivity contribution in [3.63, 3.8) is 0 Å². The Morgan fingerprint density at radius 3 is 2.57 bits per heavy atom. The Morgan fingerprint density at radius 1 is 1.14 bits per heavy atom. The summed E-state index contributed by atoms with van der Waals surface area (Å²) in [5, 5.41) is 10.4. The summed E-state index contributed by atoms with van der Waals surface area (Å²) in [6.45, 7) is 0.405. The smallest absolute Gasteiger partial charge is 0.264 e. The van der Waals surface area contributed by atoms with Crippen LogP contribution in [0.4, 0.5) is 0 Å². The van der Waals surface area contributed by atoms with Crippen molar-refractivity contribution < 1.29 is 9.21 Å². The summed E-state index contributed by atoms with van der Waals surface area (Å²) in [5.74, 6) is 0.531. The summed E-state index contributed by atoms with van der Waals surface area (Å²) < 4.78 is 5.75. The van der Waals surface area contributed by atoms with Gasteiger partial charge in [-0.25, -0.2) is 0 Å². The average molecular weight is 411 g/mol. The van der Waals surface area contributed by atoms with Crippen LogP contribution in [0.15, 0.2) is 70.7 Å². The Labute approximate surface area is 173 Å². The first-order valence-electron chi connectivity index (χ1n) is 8.44. The van der Waals surface area contributed by atoms with Gasteiger partial charge in [-0.1, -0.05) is 53.5 Å². The van der Waals surface area contributed by atoms with Crippen LogP contribution >= 0.6 is 23.2 Å². The highest BCUT2D eigenvalue weighted by atomic mass is 35.5. The molecule has 2 aromatic carbocycles. The summed E-state index contributed by atoms with van der Waals surface area (Å²) in [5.41, 5.74) is 1.64. The minimum absolute atomic E-state index is 0.0125. The monoisotopic (exact) mass is 410 g/mol. The van der Waals surface area contributed by atoms with E-state index in [2.05, 4.69) is 0 Å². The lowest BCUT2D eigenvalue weighted by Gasteiger charge is -2.16. The maximum atomic E-state index is 12.6. The van der Waals surface area contributed by atoms with E-state index in [4.69, 9.17) is 27.6 Å². The number of carbonyl (C=O) groups is 1. The van der Waals surface area contributed by atoms with Crippen LogP contribution in [0.1, 0.15) is 11.3 Å². The molecule has 1 amide bonds. The lowest BCUT2D eigenvalue weighted by molar-refractivity contribution is -0.125. The van der Waals surface area contributed by atoms with E-state index >= 15 is 0 Å². The van der Waals surface area contributed by atoms with E-state index < -0.39 is 0 Å². The fourth-order valence-electron chi connectivity index (χ4n) is 2.68. The molecule has 6 heteroatoms. The molecule has 0 aliphatic carbocycles. The van der Waals surface area contributed by atoms with E-state index in [1.54, 1.807) is 37.4 Å². The highest BCUT2D eigenvalue weighted by molar-refractivity contribution is 6.36. The van der Waals surface area contributed by atoms with Gasteiger partial charge < -0.3 is 9.32 Å². The zero-order chi connectivity index (χ0) is 20.1. The Balaban J connectivity index is 1.80. The predicted molar refractivity (Wildman–Crippen MR) is 111 cm³/mol. The molecule has 0 saturated heterocycles. The summed E-state index contributed by atoms with van der Waals surface area (Å²) in [6.07, 6.45) is 1.43. The molecule has 3 rings (SSSR count). The Kier molecular flexibility index (Phi) is 6.20. The topological polar surface area (TPSA) is 57.2 Å². The lowest BCUT2D eigenvalue weighted by atomic mass is 10.1. The van der Waals surface area contributed by atoms with Gasteiger partial charge in [0, 0.05) is 30.3 Å². The molecule has 0 aliphatic heterocycles. The molecule has 0 fully saturated rings. The van der Waals surface area contributed by atoms with Gasteiger partial charge in [-0.3, -0.25) is 4.79 Å². The minimum Gasteiger partial charge on any atom is -0.457 e. The number of likely N-dealkylation sites (N-methyl/N-ethyl adjacent to an activating group) is 1.